The van der Waals surface area contributed by atoms with Gasteiger partial charge in [0.05, 0.1) is 17.8 Å². The van der Waals surface area contributed by atoms with Crippen molar-refractivity contribution in [3.8, 4) is 11.3 Å². The fourth-order valence-corrected chi connectivity index (χ4v) is 3.53. The van der Waals surface area contributed by atoms with Crippen molar-refractivity contribution in [2.75, 3.05) is 19.0 Å². The van der Waals surface area contributed by atoms with Crippen LogP contribution in [0.3, 0.4) is 0 Å². The van der Waals surface area contributed by atoms with Crippen molar-refractivity contribution < 1.29 is 9.53 Å². The largest absolute Gasteiger partial charge is 0.384 e. The van der Waals surface area contributed by atoms with Crippen LogP contribution in [0.15, 0.2) is 53.9 Å². The van der Waals surface area contributed by atoms with Crippen molar-refractivity contribution in [3.05, 3.63) is 65.2 Å². The van der Waals surface area contributed by atoms with E-state index in [0.29, 0.717) is 17.4 Å². The number of nitrogens with one attached hydrogen (secondary N) is 2. The number of thiazole rings is 1. The number of hydrogen-bond acceptors (Lipinski definition) is 5. The minimum atomic E-state index is -0.275. The lowest BCUT2D eigenvalue weighted by Crippen LogP contribution is -2.12. The minimum Gasteiger partial charge on any atom is -0.384 e. The number of benzene rings is 2. The molecule has 0 spiro atoms. The number of amides is 1. The highest BCUT2D eigenvalue weighted by Crippen LogP contribution is 2.26. The second-order valence-corrected chi connectivity index (χ2v) is 6.91. The quantitative estimate of drug-likeness (QED) is 0.529. The summed E-state index contributed by atoms with van der Waals surface area (Å²) in [4.78, 5) is 17.1. The molecular weight excluding hydrogens is 360 g/mol. The van der Waals surface area contributed by atoms with Crippen LogP contribution in [0.25, 0.3) is 22.2 Å². The molecule has 0 aliphatic rings. The molecule has 2 aromatic carbocycles. The Morgan fingerprint density at radius 2 is 2.00 bits per heavy atom. The van der Waals surface area contributed by atoms with Crippen LogP contribution in [0.4, 0.5) is 5.13 Å². The maximum atomic E-state index is 12.5. The molecule has 0 atom stereocenters. The molecule has 0 saturated carbocycles. The molecule has 4 aromatic rings. The van der Waals surface area contributed by atoms with E-state index in [1.807, 2.05) is 41.8 Å². The third-order valence-electron chi connectivity index (χ3n) is 4.25. The predicted molar refractivity (Wildman–Crippen MR) is 107 cm³/mol. The molecule has 0 radical (unpaired) electrons. The maximum Gasteiger partial charge on any atom is 0.278 e. The fourth-order valence-electron chi connectivity index (χ4n) is 2.82. The molecular formula is C20H18N4O2S. The van der Waals surface area contributed by atoms with Crippen LogP contribution in [-0.2, 0) is 11.2 Å². The van der Waals surface area contributed by atoms with Crippen LogP contribution in [-0.4, -0.2) is 34.8 Å². The molecule has 0 saturated heterocycles. The predicted octanol–water partition coefficient (Wildman–Crippen LogP) is 4.13. The second-order valence-electron chi connectivity index (χ2n) is 6.05. The number of carbonyl (C=O) groups excluding carboxylic acids is 1. The van der Waals surface area contributed by atoms with Crippen molar-refractivity contribution in [1.29, 1.82) is 0 Å². The average Bonchev–Trinajstić information content (AvgIpc) is 3.34. The number of hydrogen-bond donors (Lipinski definition) is 2. The Balaban J connectivity index is 1.48. The van der Waals surface area contributed by atoms with Crippen LogP contribution in [0.1, 0.15) is 16.1 Å². The number of anilines is 1. The van der Waals surface area contributed by atoms with E-state index in [1.54, 1.807) is 7.11 Å². The molecule has 2 heterocycles. The van der Waals surface area contributed by atoms with Crippen molar-refractivity contribution in [2.24, 2.45) is 0 Å². The van der Waals surface area contributed by atoms with Gasteiger partial charge in [-0.25, -0.2) is 4.98 Å². The normalized spacial score (nSPS) is 11.0. The van der Waals surface area contributed by atoms with E-state index in [0.717, 1.165) is 28.6 Å². The van der Waals surface area contributed by atoms with Crippen LogP contribution >= 0.6 is 11.3 Å². The van der Waals surface area contributed by atoms with Gasteiger partial charge < -0.3 is 4.74 Å². The van der Waals surface area contributed by atoms with Crippen LogP contribution in [0, 0.1) is 0 Å². The first kappa shape index (κ1) is 17.4. The molecule has 0 unspecified atom stereocenters. The number of carbonyl (C=O) groups is 1. The molecule has 0 fully saturated rings. The number of rotatable bonds is 6. The number of methoxy groups -OCH3 is 1. The monoisotopic (exact) mass is 378 g/mol. The van der Waals surface area contributed by atoms with Crippen LogP contribution in [0.2, 0.25) is 0 Å². The lowest BCUT2D eigenvalue weighted by Gasteiger charge is -2.02. The lowest BCUT2D eigenvalue weighted by molar-refractivity contribution is 0.102. The first-order valence-electron chi connectivity index (χ1n) is 8.53. The molecule has 2 aromatic heterocycles. The van der Waals surface area contributed by atoms with Gasteiger partial charge in [0.1, 0.15) is 0 Å². The lowest BCUT2D eigenvalue weighted by atomic mass is 10.1. The summed E-state index contributed by atoms with van der Waals surface area (Å²) in [7, 11) is 1.70. The maximum absolute atomic E-state index is 12.5. The smallest absolute Gasteiger partial charge is 0.278 e. The zero-order valence-electron chi connectivity index (χ0n) is 14.7. The molecule has 0 aliphatic heterocycles. The third-order valence-corrected chi connectivity index (χ3v) is 5.01. The average molecular weight is 378 g/mol. The van der Waals surface area contributed by atoms with E-state index in [1.165, 1.54) is 16.9 Å². The van der Waals surface area contributed by atoms with Gasteiger partial charge in [0.15, 0.2) is 10.8 Å². The van der Waals surface area contributed by atoms with Gasteiger partial charge in [0.2, 0.25) is 0 Å². The van der Waals surface area contributed by atoms with E-state index in [9.17, 15) is 4.79 Å². The summed E-state index contributed by atoms with van der Waals surface area (Å²) >= 11 is 1.39. The standard InChI is InChI=1S/C20H18N4O2S/c1-26-11-10-13-6-8-14(9-7-13)17-12-27-20(21-17)22-19(25)18-15-4-2-3-5-16(15)23-24-18/h2-9,12H,10-11H2,1H3,(H,23,24)(H,21,22,25). The summed E-state index contributed by atoms with van der Waals surface area (Å²) in [5, 5.41) is 13.1. The van der Waals surface area contributed by atoms with Crippen molar-refractivity contribution in [3.63, 3.8) is 0 Å². The molecule has 7 heteroatoms. The summed E-state index contributed by atoms with van der Waals surface area (Å²) in [6.45, 7) is 0.702. The van der Waals surface area contributed by atoms with Gasteiger partial charge in [-0.05, 0) is 18.1 Å². The highest BCUT2D eigenvalue weighted by atomic mass is 32.1. The Bertz CT molecular complexity index is 1070. The zero-order chi connectivity index (χ0) is 18.6. The van der Waals surface area contributed by atoms with E-state index >= 15 is 0 Å². The first-order valence-corrected chi connectivity index (χ1v) is 9.41. The molecule has 4 rings (SSSR count). The van der Waals surface area contributed by atoms with E-state index < -0.39 is 0 Å². The molecule has 27 heavy (non-hydrogen) atoms. The van der Waals surface area contributed by atoms with E-state index in [4.69, 9.17) is 4.74 Å². The summed E-state index contributed by atoms with van der Waals surface area (Å²) in [6, 6.07) is 15.7. The topological polar surface area (TPSA) is 79.9 Å². The summed E-state index contributed by atoms with van der Waals surface area (Å²) in [5.41, 5.74) is 4.26. The number of nitrogens with zero attached hydrogens (tertiary/aromatic N) is 2. The van der Waals surface area contributed by atoms with Gasteiger partial charge in [-0.2, -0.15) is 5.10 Å². The molecule has 6 nitrogen and oxygen atoms in total. The molecule has 0 bridgehead atoms. The van der Waals surface area contributed by atoms with Gasteiger partial charge in [0.25, 0.3) is 5.91 Å². The molecule has 2 N–H and O–H groups in total. The Labute approximate surface area is 160 Å². The number of aromatic amines is 1. The minimum absolute atomic E-state index is 0.275. The highest BCUT2D eigenvalue weighted by Gasteiger charge is 2.15. The first-order chi connectivity index (χ1) is 13.2. The van der Waals surface area contributed by atoms with Gasteiger partial charge in [0, 0.05) is 23.4 Å². The third kappa shape index (κ3) is 3.74. The zero-order valence-corrected chi connectivity index (χ0v) is 15.5. The molecule has 0 aliphatic carbocycles. The Morgan fingerprint density at radius 1 is 1.19 bits per heavy atom. The van der Waals surface area contributed by atoms with E-state index in [2.05, 4.69) is 32.6 Å². The number of para-hydroxylation sites is 1. The summed E-state index contributed by atoms with van der Waals surface area (Å²) < 4.78 is 5.10. The summed E-state index contributed by atoms with van der Waals surface area (Å²) in [5.74, 6) is -0.275. The summed E-state index contributed by atoms with van der Waals surface area (Å²) in [6.07, 6.45) is 0.882. The van der Waals surface area contributed by atoms with Crippen molar-refractivity contribution in [1.82, 2.24) is 15.2 Å². The molecule has 1 amide bonds. The van der Waals surface area contributed by atoms with Gasteiger partial charge in [-0.15, -0.1) is 11.3 Å². The van der Waals surface area contributed by atoms with Gasteiger partial charge >= 0.3 is 0 Å². The highest BCUT2D eigenvalue weighted by molar-refractivity contribution is 7.14. The number of H-pyrrole nitrogens is 1. The van der Waals surface area contributed by atoms with E-state index in [-0.39, 0.29) is 5.91 Å². The fraction of sp³-hybridized carbons (Fsp3) is 0.150. The van der Waals surface area contributed by atoms with Gasteiger partial charge in [-0.1, -0.05) is 42.5 Å². The van der Waals surface area contributed by atoms with Crippen LogP contribution in [0.5, 0.6) is 0 Å². The Morgan fingerprint density at radius 3 is 2.81 bits per heavy atom. The number of fused-ring (bicyclic) bond motifs is 1. The van der Waals surface area contributed by atoms with Crippen molar-refractivity contribution in [2.45, 2.75) is 6.42 Å². The number of ether oxygens (including phenoxy) is 1. The Kier molecular flexibility index (Phi) is 4.95. The second kappa shape index (κ2) is 7.69. The number of aromatic nitrogens is 3. The van der Waals surface area contributed by atoms with Crippen molar-refractivity contribution >= 4 is 33.3 Å². The van der Waals surface area contributed by atoms with Crippen LogP contribution < -0.4 is 5.32 Å². The Hall–Kier alpha value is -3.03. The molecule has 136 valence electrons. The van der Waals surface area contributed by atoms with Gasteiger partial charge in [-0.3, -0.25) is 15.2 Å². The SMILES string of the molecule is COCCc1ccc(-c2csc(NC(=O)c3n[nH]c4ccccc34)n2)cc1.